The Kier molecular flexibility index (Phi) is 8.22. The summed E-state index contributed by atoms with van der Waals surface area (Å²) in [6.45, 7) is 6.55. The van der Waals surface area contributed by atoms with Gasteiger partial charge in [-0.15, -0.1) is 0 Å². The molecule has 9 heteroatoms. The van der Waals surface area contributed by atoms with Crippen LogP contribution < -0.4 is 10.6 Å². The first-order chi connectivity index (χ1) is 15.3. The molecule has 0 saturated carbocycles. The molecule has 0 atom stereocenters. The topological polar surface area (TPSA) is 94.6 Å². The molecular weight excluding hydrogens is 426 g/mol. The van der Waals surface area contributed by atoms with Crippen LogP contribution in [0.1, 0.15) is 32.3 Å². The van der Waals surface area contributed by atoms with Crippen LogP contribution in [0, 0.1) is 0 Å². The molecule has 1 aromatic heterocycles. The number of nitrogens with zero attached hydrogens (tertiary/aromatic N) is 3. The molecule has 1 saturated heterocycles. The number of nitrogens with one attached hydrogen (secondary N) is 2. The van der Waals surface area contributed by atoms with E-state index in [9.17, 15) is 13.2 Å². The fourth-order valence-corrected chi connectivity index (χ4v) is 5.01. The number of hydrogen-bond acceptors (Lipinski definition) is 5. The van der Waals surface area contributed by atoms with E-state index in [0.29, 0.717) is 5.69 Å². The van der Waals surface area contributed by atoms with Crippen LogP contribution in [0.4, 0.5) is 10.5 Å². The highest BCUT2D eigenvalue weighted by atomic mass is 32.2. The van der Waals surface area contributed by atoms with Gasteiger partial charge < -0.3 is 15.5 Å². The zero-order valence-electron chi connectivity index (χ0n) is 19.0. The molecule has 2 N–H and O–H groups in total. The third-order valence-corrected chi connectivity index (χ3v) is 7.95. The van der Waals surface area contributed by atoms with Gasteiger partial charge in [-0.2, -0.15) is 4.31 Å². The fourth-order valence-electron chi connectivity index (χ4n) is 3.64. The van der Waals surface area contributed by atoms with E-state index in [1.54, 1.807) is 19.2 Å². The number of rotatable bonds is 8. The Hall–Kier alpha value is -2.49. The zero-order valence-corrected chi connectivity index (χ0v) is 19.8. The molecule has 0 unspecified atom stereocenters. The molecule has 0 aliphatic carbocycles. The van der Waals surface area contributed by atoms with Crippen molar-refractivity contribution in [3.8, 4) is 0 Å². The maximum absolute atomic E-state index is 12.5. The second-order valence-electron chi connectivity index (χ2n) is 8.46. The third-order valence-electron chi connectivity index (χ3n) is 5.91. The summed E-state index contributed by atoms with van der Waals surface area (Å²) in [7, 11) is -1.98. The normalized spacial score (nSPS) is 15.8. The number of likely N-dealkylation sites (tertiary alicyclic amines) is 1. The van der Waals surface area contributed by atoms with Gasteiger partial charge >= 0.3 is 6.03 Å². The lowest BCUT2D eigenvalue weighted by Gasteiger charge is -2.32. The summed E-state index contributed by atoms with van der Waals surface area (Å²) in [4.78, 5) is 19.1. The van der Waals surface area contributed by atoms with Crippen molar-refractivity contribution in [2.24, 2.45) is 0 Å². The number of hydrogen-bond donors (Lipinski definition) is 2. The number of pyridine rings is 1. The van der Waals surface area contributed by atoms with Gasteiger partial charge in [0, 0.05) is 56.8 Å². The van der Waals surface area contributed by atoms with E-state index in [0.717, 1.165) is 38.9 Å². The molecule has 0 spiro atoms. The molecule has 8 nitrogen and oxygen atoms in total. The average molecular weight is 460 g/mol. The minimum atomic E-state index is -3.54. The Bertz CT molecular complexity index is 972. The fraction of sp³-hybridized carbons (Fsp3) is 0.478. The molecule has 0 bridgehead atoms. The van der Waals surface area contributed by atoms with Crippen LogP contribution in [-0.2, 0) is 16.4 Å². The van der Waals surface area contributed by atoms with Gasteiger partial charge in [0.15, 0.2) is 0 Å². The van der Waals surface area contributed by atoms with E-state index in [1.807, 2.05) is 38.4 Å². The standard InChI is InChI=1S/C23H33N5O3S/c1-18(2)27(3)32(30,31)22-6-4-20(5-7-22)25-23(29)26-21-11-16-28(17-12-21)15-10-19-8-13-24-14-9-19/h4-9,13-14,18,21H,10-12,15-17H2,1-3H3,(H2,25,26,29). The van der Waals surface area contributed by atoms with E-state index < -0.39 is 10.0 Å². The average Bonchev–Trinajstić information content (AvgIpc) is 2.79. The molecule has 2 amide bonds. The van der Waals surface area contributed by atoms with Crippen molar-refractivity contribution in [3.63, 3.8) is 0 Å². The maximum Gasteiger partial charge on any atom is 0.319 e. The van der Waals surface area contributed by atoms with Crippen LogP contribution in [0.3, 0.4) is 0 Å². The summed E-state index contributed by atoms with van der Waals surface area (Å²) in [5, 5.41) is 5.83. The van der Waals surface area contributed by atoms with Crippen LogP contribution in [0.25, 0.3) is 0 Å². The highest BCUT2D eigenvalue weighted by molar-refractivity contribution is 7.89. The van der Waals surface area contributed by atoms with Crippen molar-refractivity contribution in [1.82, 2.24) is 19.5 Å². The van der Waals surface area contributed by atoms with E-state index >= 15 is 0 Å². The lowest BCUT2D eigenvalue weighted by atomic mass is 10.0. The molecule has 1 aliphatic heterocycles. The van der Waals surface area contributed by atoms with Crippen molar-refractivity contribution in [1.29, 1.82) is 0 Å². The third kappa shape index (κ3) is 6.51. The number of piperidine rings is 1. The predicted octanol–water partition coefficient (Wildman–Crippen LogP) is 2.94. The van der Waals surface area contributed by atoms with Gasteiger partial charge in [-0.3, -0.25) is 4.98 Å². The van der Waals surface area contributed by atoms with Gasteiger partial charge in [0.25, 0.3) is 0 Å². The van der Waals surface area contributed by atoms with Gasteiger partial charge in [0.2, 0.25) is 10.0 Å². The summed E-state index contributed by atoms with van der Waals surface area (Å²) in [5.41, 5.74) is 1.85. The number of urea groups is 1. The minimum absolute atomic E-state index is 0.131. The van der Waals surface area contributed by atoms with E-state index in [-0.39, 0.29) is 23.0 Å². The van der Waals surface area contributed by atoms with E-state index in [2.05, 4.69) is 20.5 Å². The number of carbonyl (C=O) groups excluding carboxylic acids is 1. The molecule has 174 valence electrons. The molecule has 2 heterocycles. The molecule has 1 aliphatic rings. The first-order valence-corrected chi connectivity index (χ1v) is 12.5. The maximum atomic E-state index is 12.5. The minimum Gasteiger partial charge on any atom is -0.335 e. The van der Waals surface area contributed by atoms with Crippen molar-refractivity contribution >= 4 is 21.7 Å². The Morgan fingerprint density at radius 2 is 1.75 bits per heavy atom. The number of sulfonamides is 1. The smallest absolute Gasteiger partial charge is 0.319 e. The predicted molar refractivity (Wildman–Crippen MR) is 126 cm³/mol. The van der Waals surface area contributed by atoms with Crippen molar-refractivity contribution < 1.29 is 13.2 Å². The number of carbonyl (C=O) groups is 1. The summed E-state index contributed by atoms with van der Waals surface area (Å²) in [5.74, 6) is 0. The monoisotopic (exact) mass is 459 g/mol. The highest BCUT2D eigenvalue weighted by Crippen LogP contribution is 2.19. The summed E-state index contributed by atoms with van der Waals surface area (Å²) < 4.78 is 26.4. The van der Waals surface area contributed by atoms with Gasteiger partial charge in [0.05, 0.1) is 4.90 Å². The quantitative estimate of drug-likeness (QED) is 0.633. The van der Waals surface area contributed by atoms with E-state index in [1.165, 1.54) is 22.0 Å². The lowest BCUT2D eigenvalue weighted by molar-refractivity contribution is 0.197. The first kappa shape index (κ1) is 24.2. The molecular formula is C23H33N5O3S. The van der Waals surface area contributed by atoms with Crippen molar-refractivity contribution in [2.45, 2.75) is 50.1 Å². The summed E-state index contributed by atoms with van der Waals surface area (Å²) in [6.07, 6.45) is 6.45. The SMILES string of the molecule is CC(C)N(C)S(=O)(=O)c1ccc(NC(=O)NC2CCN(CCc3ccncc3)CC2)cc1. The number of aromatic nitrogens is 1. The zero-order chi connectivity index (χ0) is 23.1. The van der Waals surface area contributed by atoms with Gasteiger partial charge in [-0.1, -0.05) is 0 Å². The molecule has 3 rings (SSSR count). The number of amides is 2. The second-order valence-corrected chi connectivity index (χ2v) is 10.5. The number of anilines is 1. The van der Waals surface area contributed by atoms with Crippen molar-refractivity contribution in [2.75, 3.05) is 32.0 Å². The largest absolute Gasteiger partial charge is 0.335 e. The molecule has 1 aromatic carbocycles. The van der Waals surface area contributed by atoms with Crippen LogP contribution in [-0.4, -0.2) is 67.4 Å². The van der Waals surface area contributed by atoms with Gasteiger partial charge in [-0.05, 0) is 75.1 Å². The number of benzene rings is 1. The molecule has 0 radical (unpaired) electrons. The van der Waals surface area contributed by atoms with Gasteiger partial charge in [0.1, 0.15) is 0 Å². The summed E-state index contributed by atoms with van der Waals surface area (Å²) in [6, 6.07) is 10.1. The molecule has 32 heavy (non-hydrogen) atoms. The van der Waals surface area contributed by atoms with Crippen LogP contribution in [0.2, 0.25) is 0 Å². The Balaban J connectivity index is 1.43. The Morgan fingerprint density at radius 3 is 2.34 bits per heavy atom. The van der Waals surface area contributed by atoms with E-state index in [4.69, 9.17) is 0 Å². The first-order valence-electron chi connectivity index (χ1n) is 11.0. The van der Waals surface area contributed by atoms with Crippen molar-refractivity contribution in [3.05, 3.63) is 54.4 Å². The summed E-state index contributed by atoms with van der Waals surface area (Å²) >= 11 is 0. The molecule has 2 aromatic rings. The Morgan fingerprint density at radius 1 is 1.12 bits per heavy atom. The van der Waals surface area contributed by atoms with Gasteiger partial charge in [-0.25, -0.2) is 13.2 Å². The highest BCUT2D eigenvalue weighted by Gasteiger charge is 2.23. The van der Waals surface area contributed by atoms with Crippen LogP contribution in [0.15, 0.2) is 53.7 Å². The van der Waals surface area contributed by atoms with Crippen LogP contribution >= 0.6 is 0 Å². The second kappa shape index (κ2) is 10.9. The Labute approximate surface area is 191 Å². The van der Waals surface area contributed by atoms with Crippen LogP contribution in [0.5, 0.6) is 0 Å². The lowest BCUT2D eigenvalue weighted by Crippen LogP contribution is -2.46. The molecule has 1 fully saturated rings.